The molecule has 0 heterocycles. The third kappa shape index (κ3) is 7.09. The van der Waals surface area contributed by atoms with Crippen molar-refractivity contribution >= 4 is 7.26 Å². The number of halogens is 1. The van der Waals surface area contributed by atoms with E-state index in [0.717, 1.165) is 11.8 Å². The predicted octanol–water partition coefficient (Wildman–Crippen LogP) is 2.93. The van der Waals surface area contributed by atoms with Crippen LogP contribution in [0.25, 0.3) is 0 Å². The average Bonchev–Trinajstić information content (AvgIpc) is 2.28. The van der Waals surface area contributed by atoms with E-state index in [-0.39, 0.29) is 12.4 Å². The molecule has 0 unspecified atom stereocenters. The van der Waals surface area contributed by atoms with E-state index in [9.17, 15) is 0 Å². The Labute approximate surface area is 133 Å². The Hall–Kier alpha value is -0.0600. The molecule has 1 aromatic rings. The summed E-state index contributed by atoms with van der Waals surface area (Å²) in [5.41, 5.74) is 1.56. The Balaban J connectivity index is 0.00000361. The summed E-state index contributed by atoms with van der Waals surface area (Å²) >= 11 is 0. The summed E-state index contributed by atoms with van der Waals surface area (Å²) in [7, 11) is -0.830. The van der Waals surface area contributed by atoms with Crippen molar-refractivity contribution in [3.63, 3.8) is 0 Å². The van der Waals surface area contributed by atoms with Crippen molar-refractivity contribution in [2.24, 2.45) is 11.8 Å². The van der Waals surface area contributed by atoms with E-state index in [1.807, 2.05) is 0 Å². The van der Waals surface area contributed by atoms with Crippen LogP contribution in [-0.4, -0.2) is 18.5 Å². The van der Waals surface area contributed by atoms with Crippen LogP contribution in [0.4, 0.5) is 0 Å². The van der Waals surface area contributed by atoms with Crippen LogP contribution in [0.2, 0.25) is 0 Å². The Morgan fingerprint density at radius 1 is 0.900 bits per heavy atom. The molecule has 0 aromatic heterocycles. The van der Waals surface area contributed by atoms with Gasteiger partial charge in [-0.2, -0.15) is 0 Å². The molecule has 0 saturated heterocycles. The van der Waals surface area contributed by atoms with Crippen molar-refractivity contribution in [1.29, 1.82) is 0 Å². The lowest BCUT2D eigenvalue weighted by atomic mass is 10.2. The molecule has 0 saturated carbocycles. The molecule has 0 spiro atoms. The molecule has 0 bridgehead atoms. The second kappa shape index (κ2) is 9.80. The lowest BCUT2D eigenvalue weighted by Gasteiger charge is -2.31. The van der Waals surface area contributed by atoms with Crippen LogP contribution < -0.4 is 12.4 Å². The monoisotopic (exact) mass is 314 g/mol. The molecule has 116 valence electrons. The zero-order valence-electron chi connectivity index (χ0n) is 13.9. The van der Waals surface area contributed by atoms with E-state index >= 15 is 0 Å². The first-order valence-corrected chi connectivity index (χ1v) is 10.4. The first kappa shape index (κ1) is 19.9. The van der Waals surface area contributed by atoms with Gasteiger partial charge in [-0.05, 0) is 23.8 Å². The Bertz CT molecular complexity index is 336. The SMILES string of the molecule is CCC[P+](Cc1ccccc1)(CC(C)C)CC(C)C.[Cl-]. The maximum Gasteiger partial charge on any atom is 0.0843 e. The minimum Gasteiger partial charge on any atom is -1.00 e. The molecule has 0 amide bonds. The highest BCUT2D eigenvalue weighted by Gasteiger charge is 2.37. The minimum absolute atomic E-state index is 0. The number of benzene rings is 1. The van der Waals surface area contributed by atoms with Crippen molar-refractivity contribution in [3.05, 3.63) is 35.9 Å². The Morgan fingerprint density at radius 3 is 1.80 bits per heavy atom. The van der Waals surface area contributed by atoms with Crippen LogP contribution in [0.15, 0.2) is 30.3 Å². The number of hydrogen-bond acceptors (Lipinski definition) is 0. The maximum atomic E-state index is 2.40. The van der Waals surface area contributed by atoms with Gasteiger partial charge in [0.1, 0.15) is 0 Å². The number of hydrogen-bond donors (Lipinski definition) is 0. The highest BCUT2D eigenvalue weighted by Crippen LogP contribution is 2.64. The van der Waals surface area contributed by atoms with Crippen LogP contribution >= 0.6 is 7.26 Å². The van der Waals surface area contributed by atoms with E-state index in [1.165, 1.54) is 31.1 Å². The maximum absolute atomic E-state index is 2.40. The van der Waals surface area contributed by atoms with Gasteiger partial charge in [-0.25, -0.2) is 0 Å². The molecule has 0 aliphatic carbocycles. The summed E-state index contributed by atoms with van der Waals surface area (Å²) < 4.78 is 0. The second-order valence-electron chi connectivity index (χ2n) is 6.86. The van der Waals surface area contributed by atoms with Gasteiger partial charge in [0.2, 0.25) is 0 Å². The minimum atomic E-state index is -0.830. The molecule has 0 N–H and O–H groups in total. The molecule has 0 nitrogen and oxygen atoms in total. The molecule has 1 aromatic carbocycles. The average molecular weight is 315 g/mol. The molecule has 0 fully saturated rings. The van der Waals surface area contributed by atoms with E-state index in [1.54, 1.807) is 5.56 Å². The highest BCUT2D eigenvalue weighted by molar-refractivity contribution is 7.75. The lowest BCUT2D eigenvalue weighted by Crippen LogP contribution is -3.00. The molecular weight excluding hydrogens is 283 g/mol. The van der Waals surface area contributed by atoms with Gasteiger partial charge < -0.3 is 12.4 Å². The van der Waals surface area contributed by atoms with Crippen molar-refractivity contribution in [2.45, 2.75) is 47.2 Å². The first-order valence-electron chi connectivity index (χ1n) is 7.86. The summed E-state index contributed by atoms with van der Waals surface area (Å²) in [5, 5.41) is 0. The molecule has 0 aliphatic heterocycles. The highest BCUT2D eigenvalue weighted by atomic mass is 35.5. The molecule has 0 aliphatic rings. The largest absolute Gasteiger partial charge is 1.00 e. The predicted molar refractivity (Wildman–Crippen MR) is 91.6 cm³/mol. The fourth-order valence-corrected chi connectivity index (χ4v) is 9.42. The summed E-state index contributed by atoms with van der Waals surface area (Å²) in [6.45, 7) is 12.0. The van der Waals surface area contributed by atoms with Crippen LogP contribution in [0.5, 0.6) is 0 Å². The van der Waals surface area contributed by atoms with Crippen molar-refractivity contribution < 1.29 is 12.4 Å². The van der Waals surface area contributed by atoms with E-state index in [0.29, 0.717) is 0 Å². The van der Waals surface area contributed by atoms with Crippen LogP contribution in [0.1, 0.15) is 46.6 Å². The van der Waals surface area contributed by atoms with Crippen LogP contribution in [0, 0.1) is 11.8 Å². The van der Waals surface area contributed by atoms with E-state index in [2.05, 4.69) is 65.0 Å². The molecule has 0 radical (unpaired) electrons. The summed E-state index contributed by atoms with van der Waals surface area (Å²) in [6, 6.07) is 11.2. The van der Waals surface area contributed by atoms with Crippen LogP contribution in [0.3, 0.4) is 0 Å². The normalized spacial score (nSPS) is 11.8. The van der Waals surface area contributed by atoms with Crippen LogP contribution in [-0.2, 0) is 6.16 Å². The zero-order valence-corrected chi connectivity index (χ0v) is 15.6. The molecular formula is C18H32ClP. The third-order valence-corrected chi connectivity index (χ3v) is 9.01. The summed E-state index contributed by atoms with van der Waals surface area (Å²) in [6.07, 6.45) is 7.11. The lowest BCUT2D eigenvalue weighted by molar-refractivity contribution is -0.00000469. The van der Waals surface area contributed by atoms with Gasteiger partial charge >= 0.3 is 0 Å². The fraction of sp³-hybridized carbons (Fsp3) is 0.667. The third-order valence-electron chi connectivity index (χ3n) is 3.56. The topological polar surface area (TPSA) is 0 Å². The van der Waals surface area contributed by atoms with Gasteiger partial charge in [-0.1, -0.05) is 65.0 Å². The Morgan fingerprint density at radius 2 is 1.40 bits per heavy atom. The van der Waals surface area contributed by atoms with Gasteiger partial charge in [-0.3, -0.25) is 0 Å². The zero-order chi connectivity index (χ0) is 14.3. The molecule has 2 heteroatoms. The van der Waals surface area contributed by atoms with Gasteiger partial charge in [-0.15, -0.1) is 0 Å². The molecule has 20 heavy (non-hydrogen) atoms. The van der Waals surface area contributed by atoms with E-state index < -0.39 is 7.26 Å². The quantitative estimate of drug-likeness (QED) is 0.647. The molecule has 0 atom stereocenters. The standard InChI is InChI=1S/C18H32P.ClH/c1-6-12-19(13-16(2)3,14-17(4)5)15-18-10-8-7-9-11-18;/h7-11,16-17H,6,12-15H2,1-5H3;1H/q+1;/p-1. The van der Waals surface area contributed by atoms with E-state index in [4.69, 9.17) is 0 Å². The fourth-order valence-electron chi connectivity index (χ4n) is 3.46. The Kier molecular flexibility index (Phi) is 9.77. The molecule has 1 rings (SSSR count). The summed E-state index contributed by atoms with van der Waals surface area (Å²) in [5.74, 6) is 1.67. The number of rotatable bonds is 8. The van der Waals surface area contributed by atoms with Gasteiger partial charge in [0.15, 0.2) is 0 Å². The second-order valence-corrected chi connectivity index (χ2v) is 11.0. The van der Waals surface area contributed by atoms with Crippen molar-refractivity contribution in [2.75, 3.05) is 18.5 Å². The van der Waals surface area contributed by atoms with Gasteiger partial charge in [0.25, 0.3) is 0 Å². The summed E-state index contributed by atoms with van der Waals surface area (Å²) in [4.78, 5) is 0. The van der Waals surface area contributed by atoms with Gasteiger partial charge in [0.05, 0.1) is 24.6 Å². The van der Waals surface area contributed by atoms with Crippen molar-refractivity contribution in [3.8, 4) is 0 Å². The van der Waals surface area contributed by atoms with Gasteiger partial charge in [0, 0.05) is 7.26 Å². The smallest absolute Gasteiger partial charge is 0.0843 e. The first-order chi connectivity index (χ1) is 8.97. The van der Waals surface area contributed by atoms with Crippen molar-refractivity contribution in [1.82, 2.24) is 0 Å².